The molecular weight excluding hydrogens is 176 g/mol. The fourth-order valence-corrected chi connectivity index (χ4v) is 1.16. The number of epoxide rings is 1. The van der Waals surface area contributed by atoms with Gasteiger partial charge in [0.2, 0.25) is 0 Å². The lowest BCUT2D eigenvalue weighted by atomic mass is 10.3. The highest BCUT2D eigenvalue weighted by Crippen LogP contribution is 2.36. The molecule has 0 N–H and O–H groups in total. The number of nitrogens with zero attached hydrogens (tertiary/aromatic N) is 2. The van der Waals surface area contributed by atoms with Crippen LogP contribution in [0, 0.1) is 0 Å². The molecule has 0 radical (unpaired) electrons. The normalized spacial score (nSPS) is 26.1. The summed E-state index contributed by atoms with van der Waals surface area (Å²) < 4.78 is 7.16. The second-order valence-corrected chi connectivity index (χ2v) is 2.64. The number of halogens is 1. The van der Waals surface area contributed by atoms with E-state index in [2.05, 4.69) is 11.6 Å². The predicted octanol–water partition coefficient (Wildman–Crippen LogP) is 1.87. The largest absolute Gasteiger partial charge is 0.361 e. The molecular formula is C8H11ClN2O. The van der Waals surface area contributed by atoms with E-state index >= 15 is 0 Å². The van der Waals surface area contributed by atoms with Crippen LogP contribution in [0.3, 0.4) is 0 Å². The predicted molar refractivity (Wildman–Crippen MR) is 49.2 cm³/mol. The van der Waals surface area contributed by atoms with Crippen LogP contribution < -0.4 is 0 Å². The molecule has 0 spiro atoms. The topological polar surface area (TPSA) is 30.4 Å². The molecule has 66 valence electrons. The quantitative estimate of drug-likeness (QED) is 0.661. The van der Waals surface area contributed by atoms with Crippen molar-refractivity contribution in [1.29, 1.82) is 0 Å². The van der Waals surface area contributed by atoms with Crippen molar-refractivity contribution in [3.63, 3.8) is 0 Å². The first kappa shape index (κ1) is 9.29. The van der Waals surface area contributed by atoms with Gasteiger partial charge in [-0.05, 0) is 6.92 Å². The van der Waals surface area contributed by atoms with Gasteiger partial charge >= 0.3 is 0 Å². The number of hydrogen-bond donors (Lipinski definition) is 0. The summed E-state index contributed by atoms with van der Waals surface area (Å²) in [6, 6.07) is 0. The molecule has 1 aromatic rings. The average Bonchev–Trinajstić information content (AvgIpc) is 2.58. The number of hydrogen-bond acceptors (Lipinski definition) is 2. The van der Waals surface area contributed by atoms with Gasteiger partial charge in [-0.1, -0.05) is 6.58 Å². The second kappa shape index (κ2) is 3.29. The van der Waals surface area contributed by atoms with Crippen molar-refractivity contribution < 1.29 is 4.74 Å². The molecule has 0 saturated carbocycles. The second-order valence-electron chi connectivity index (χ2n) is 2.64. The standard InChI is InChI=1S/C8H10N2O.ClH/c1-3-10-5-4-9-8(10)7-6(2)11-7;/h3-7H,1H2,2H3;1H. The van der Waals surface area contributed by atoms with Crippen LogP contribution >= 0.6 is 12.4 Å². The van der Waals surface area contributed by atoms with Crippen molar-refractivity contribution in [3.05, 3.63) is 24.8 Å². The summed E-state index contributed by atoms with van der Waals surface area (Å²) in [4.78, 5) is 4.17. The van der Waals surface area contributed by atoms with E-state index in [1.807, 2.05) is 17.7 Å². The molecule has 2 heterocycles. The highest BCUT2D eigenvalue weighted by Gasteiger charge is 2.38. The minimum absolute atomic E-state index is 0. The van der Waals surface area contributed by atoms with Gasteiger partial charge in [0, 0.05) is 18.6 Å². The van der Waals surface area contributed by atoms with Crippen LogP contribution in [0.15, 0.2) is 19.0 Å². The molecule has 12 heavy (non-hydrogen) atoms. The van der Waals surface area contributed by atoms with Gasteiger partial charge in [-0.2, -0.15) is 0 Å². The van der Waals surface area contributed by atoms with Crippen LogP contribution in [0.5, 0.6) is 0 Å². The van der Waals surface area contributed by atoms with Gasteiger partial charge in [0.15, 0.2) is 0 Å². The third kappa shape index (κ3) is 1.38. The Hall–Kier alpha value is -0.800. The number of rotatable bonds is 2. The van der Waals surface area contributed by atoms with Crippen molar-refractivity contribution in [1.82, 2.24) is 9.55 Å². The maximum Gasteiger partial charge on any atom is 0.144 e. The van der Waals surface area contributed by atoms with Crippen LogP contribution in [-0.2, 0) is 4.74 Å². The third-order valence-electron chi connectivity index (χ3n) is 1.86. The molecule has 0 aliphatic carbocycles. The molecule has 1 fully saturated rings. The molecule has 1 aromatic heterocycles. The Morgan fingerprint density at radius 2 is 2.42 bits per heavy atom. The first-order valence-corrected chi connectivity index (χ1v) is 3.63. The van der Waals surface area contributed by atoms with E-state index in [4.69, 9.17) is 4.74 Å². The van der Waals surface area contributed by atoms with Crippen molar-refractivity contribution in [3.8, 4) is 0 Å². The average molecular weight is 187 g/mol. The van der Waals surface area contributed by atoms with Crippen molar-refractivity contribution in [2.45, 2.75) is 19.1 Å². The highest BCUT2D eigenvalue weighted by atomic mass is 35.5. The van der Waals surface area contributed by atoms with Crippen LogP contribution in [0.4, 0.5) is 0 Å². The molecule has 1 aliphatic rings. The molecule has 2 rings (SSSR count). The summed E-state index contributed by atoms with van der Waals surface area (Å²) in [6.07, 6.45) is 5.86. The molecule has 0 amide bonds. The number of aromatic nitrogens is 2. The zero-order chi connectivity index (χ0) is 7.84. The lowest BCUT2D eigenvalue weighted by Gasteiger charge is -1.95. The van der Waals surface area contributed by atoms with E-state index in [-0.39, 0.29) is 18.5 Å². The molecule has 3 nitrogen and oxygen atoms in total. The molecule has 1 saturated heterocycles. The maximum atomic E-state index is 5.27. The van der Waals surface area contributed by atoms with Gasteiger partial charge in [0.1, 0.15) is 11.9 Å². The van der Waals surface area contributed by atoms with Crippen LogP contribution in [0.1, 0.15) is 18.9 Å². The Bertz CT molecular complexity index is 284. The molecule has 2 unspecified atom stereocenters. The fraction of sp³-hybridized carbons (Fsp3) is 0.375. The number of imidazole rings is 1. The Morgan fingerprint density at radius 3 is 2.92 bits per heavy atom. The van der Waals surface area contributed by atoms with E-state index < -0.39 is 0 Å². The van der Waals surface area contributed by atoms with E-state index in [1.54, 1.807) is 12.4 Å². The number of ether oxygens (including phenoxy) is 1. The zero-order valence-electron chi connectivity index (χ0n) is 6.80. The van der Waals surface area contributed by atoms with E-state index in [0.717, 1.165) is 5.82 Å². The molecule has 2 atom stereocenters. The minimum Gasteiger partial charge on any atom is -0.361 e. The minimum atomic E-state index is 0. The summed E-state index contributed by atoms with van der Waals surface area (Å²) in [6.45, 7) is 5.70. The van der Waals surface area contributed by atoms with Crippen molar-refractivity contribution >= 4 is 18.6 Å². The van der Waals surface area contributed by atoms with Gasteiger partial charge in [-0.25, -0.2) is 4.98 Å². The Labute approximate surface area is 77.5 Å². The molecule has 4 heteroatoms. The van der Waals surface area contributed by atoms with Gasteiger partial charge in [-0.3, -0.25) is 0 Å². The summed E-state index contributed by atoms with van der Waals surface area (Å²) in [5.41, 5.74) is 0. The fourth-order valence-electron chi connectivity index (χ4n) is 1.16. The van der Waals surface area contributed by atoms with Crippen molar-refractivity contribution in [2.75, 3.05) is 0 Å². The summed E-state index contributed by atoms with van der Waals surface area (Å²) in [7, 11) is 0. The monoisotopic (exact) mass is 186 g/mol. The summed E-state index contributed by atoms with van der Waals surface area (Å²) >= 11 is 0. The van der Waals surface area contributed by atoms with Gasteiger partial charge in [0.25, 0.3) is 0 Å². The first-order chi connectivity index (χ1) is 5.33. The Kier molecular flexibility index (Phi) is 2.55. The van der Waals surface area contributed by atoms with Gasteiger partial charge < -0.3 is 9.30 Å². The van der Waals surface area contributed by atoms with Crippen molar-refractivity contribution in [2.24, 2.45) is 0 Å². The molecule has 1 aliphatic heterocycles. The van der Waals surface area contributed by atoms with E-state index in [9.17, 15) is 0 Å². The Balaban J connectivity index is 0.000000720. The SMILES string of the molecule is C=Cn1ccnc1C1OC1C.Cl. The first-order valence-electron chi connectivity index (χ1n) is 3.63. The van der Waals surface area contributed by atoms with Crippen LogP contribution in [0.25, 0.3) is 6.20 Å². The highest BCUT2D eigenvalue weighted by molar-refractivity contribution is 5.85. The Morgan fingerprint density at radius 1 is 1.75 bits per heavy atom. The maximum absolute atomic E-state index is 5.27. The zero-order valence-corrected chi connectivity index (χ0v) is 7.62. The third-order valence-corrected chi connectivity index (χ3v) is 1.86. The van der Waals surface area contributed by atoms with E-state index in [1.165, 1.54) is 0 Å². The van der Waals surface area contributed by atoms with E-state index in [0.29, 0.717) is 6.10 Å². The van der Waals surface area contributed by atoms with Crippen LogP contribution in [-0.4, -0.2) is 15.7 Å². The summed E-state index contributed by atoms with van der Waals surface area (Å²) in [5, 5.41) is 0. The lowest BCUT2D eigenvalue weighted by molar-refractivity contribution is 0.376. The van der Waals surface area contributed by atoms with Gasteiger partial charge in [0.05, 0.1) is 6.10 Å². The smallest absolute Gasteiger partial charge is 0.144 e. The molecule has 0 aromatic carbocycles. The van der Waals surface area contributed by atoms with Crippen LogP contribution in [0.2, 0.25) is 0 Å². The van der Waals surface area contributed by atoms with Gasteiger partial charge in [-0.15, -0.1) is 12.4 Å². The molecule has 0 bridgehead atoms. The summed E-state index contributed by atoms with van der Waals surface area (Å²) in [5.74, 6) is 0.951. The lowest BCUT2D eigenvalue weighted by Crippen LogP contribution is -1.94.